The lowest BCUT2D eigenvalue weighted by Crippen LogP contribution is -2.17. The number of primary amides is 1. The first kappa shape index (κ1) is 23.8. The Morgan fingerprint density at radius 2 is 1.71 bits per heavy atom. The molecule has 0 saturated carbocycles. The summed E-state index contributed by atoms with van der Waals surface area (Å²) in [5, 5.41) is 3.23. The van der Waals surface area contributed by atoms with Crippen LogP contribution in [0.2, 0.25) is 0 Å². The minimum absolute atomic E-state index is 0.0436. The minimum atomic E-state index is -0.553. The lowest BCUT2D eigenvalue weighted by atomic mass is 10.1. The van der Waals surface area contributed by atoms with Gasteiger partial charge in [0.1, 0.15) is 5.00 Å². The molecule has 0 spiro atoms. The first-order chi connectivity index (χ1) is 15.0. The van der Waals surface area contributed by atoms with Crippen LogP contribution >= 0.6 is 11.3 Å². The molecule has 1 aromatic heterocycles. The zero-order valence-corrected chi connectivity index (χ0v) is 18.6. The Morgan fingerprint density at radius 1 is 1.00 bits per heavy atom. The third-order valence-corrected chi connectivity index (χ3v) is 5.21. The van der Waals surface area contributed by atoms with Crippen molar-refractivity contribution in [1.82, 2.24) is 0 Å². The van der Waals surface area contributed by atoms with Gasteiger partial charge in [0, 0.05) is 10.4 Å². The zero-order chi connectivity index (χ0) is 22.8. The fourth-order valence-corrected chi connectivity index (χ4v) is 3.85. The summed E-state index contributed by atoms with van der Waals surface area (Å²) in [7, 11) is 0. The van der Waals surface area contributed by atoms with Crippen LogP contribution in [0, 0.1) is 0 Å². The number of carbonyl (C=O) groups is 3. The van der Waals surface area contributed by atoms with E-state index in [9.17, 15) is 14.4 Å². The summed E-state index contributed by atoms with van der Waals surface area (Å²) in [5.74, 6) is -1.35. The lowest BCUT2D eigenvalue weighted by molar-refractivity contribution is -0.115. The Kier molecular flexibility index (Phi) is 8.96. The predicted octanol–water partition coefficient (Wildman–Crippen LogP) is 4.90. The molecule has 3 rings (SSSR count). The second-order valence-electron chi connectivity index (χ2n) is 6.23. The Balaban J connectivity index is 0.00000166. The van der Waals surface area contributed by atoms with Gasteiger partial charge in [-0.3, -0.25) is 9.59 Å². The van der Waals surface area contributed by atoms with E-state index in [4.69, 9.17) is 10.5 Å². The van der Waals surface area contributed by atoms with Crippen molar-refractivity contribution in [3.8, 4) is 10.4 Å². The molecule has 2 aromatic carbocycles. The average Bonchev–Trinajstić information content (AvgIpc) is 3.20. The molecule has 7 heteroatoms. The fourth-order valence-electron chi connectivity index (χ4n) is 2.78. The van der Waals surface area contributed by atoms with Crippen molar-refractivity contribution in [3.05, 3.63) is 77.4 Å². The van der Waals surface area contributed by atoms with E-state index in [-0.39, 0.29) is 18.9 Å². The molecule has 6 nitrogen and oxygen atoms in total. The topological polar surface area (TPSA) is 98.5 Å². The van der Waals surface area contributed by atoms with Crippen LogP contribution in [0.5, 0.6) is 0 Å². The summed E-state index contributed by atoms with van der Waals surface area (Å²) in [5.41, 5.74) is 7.53. The van der Waals surface area contributed by atoms with Gasteiger partial charge in [0.15, 0.2) is 0 Å². The second kappa shape index (κ2) is 11.7. The zero-order valence-electron chi connectivity index (χ0n) is 17.8. The number of ether oxygens (including phenoxy) is 1. The van der Waals surface area contributed by atoms with Gasteiger partial charge in [-0.25, -0.2) is 4.79 Å². The predicted molar refractivity (Wildman–Crippen MR) is 124 cm³/mol. The van der Waals surface area contributed by atoms with Crippen LogP contribution in [0.3, 0.4) is 0 Å². The molecule has 0 radical (unpaired) electrons. The molecule has 162 valence electrons. The van der Waals surface area contributed by atoms with Crippen LogP contribution in [0.1, 0.15) is 47.1 Å². The Morgan fingerprint density at radius 3 is 2.35 bits per heavy atom. The number of thiophene rings is 1. The van der Waals surface area contributed by atoms with Crippen molar-refractivity contribution in [2.75, 3.05) is 11.9 Å². The minimum Gasteiger partial charge on any atom is -0.462 e. The van der Waals surface area contributed by atoms with Crippen LogP contribution in [-0.4, -0.2) is 24.4 Å². The van der Waals surface area contributed by atoms with Gasteiger partial charge in [-0.2, -0.15) is 0 Å². The van der Waals surface area contributed by atoms with Gasteiger partial charge >= 0.3 is 5.97 Å². The molecule has 1 heterocycles. The van der Waals surface area contributed by atoms with Gasteiger partial charge in [-0.05, 0) is 36.2 Å². The Labute approximate surface area is 186 Å². The first-order valence-electron chi connectivity index (χ1n) is 10.0. The molecule has 31 heavy (non-hydrogen) atoms. The van der Waals surface area contributed by atoms with E-state index in [1.807, 2.05) is 44.2 Å². The molecule has 0 atom stereocenters. The molecule has 0 bridgehead atoms. The largest absolute Gasteiger partial charge is 0.462 e. The molecule has 0 fully saturated rings. The van der Waals surface area contributed by atoms with Crippen molar-refractivity contribution in [2.45, 2.75) is 27.2 Å². The van der Waals surface area contributed by atoms with Gasteiger partial charge < -0.3 is 15.8 Å². The van der Waals surface area contributed by atoms with Crippen LogP contribution in [0.4, 0.5) is 5.00 Å². The quantitative estimate of drug-likeness (QED) is 0.513. The monoisotopic (exact) mass is 438 g/mol. The van der Waals surface area contributed by atoms with Crippen LogP contribution in [0.25, 0.3) is 10.4 Å². The SMILES string of the molecule is CC.CCOC(=O)c1cc(-c2ccccc2)sc1NC(=O)Cc1cccc(C(N)=O)c1. The number of benzene rings is 2. The maximum atomic E-state index is 12.6. The van der Waals surface area contributed by atoms with E-state index in [0.29, 0.717) is 21.7 Å². The van der Waals surface area contributed by atoms with E-state index >= 15 is 0 Å². The number of carbonyl (C=O) groups excluding carboxylic acids is 3. The molecule has 3 aromatic rings. The molecule has 0 aliphatic carbocycles. The van der Waals surface area contributed by atoms with E-state index in [2.05, 4.69) is 5.32 Å². The lowest BCUT2D eigenvalue weighted by Gasteiger charge is -2.07. The van der Waals surface area contributed by atoms with Crippen LogP contribution in [0.15, 0.2) is 60.7 Å². The molecule has 0 saturated heterocycles. The second-order valence-corrected chi connectivity index (χ2v) is 7.28. The standard InChI is InChI=1S/C22H20N2O4S.C2H6/c1-2-28-22(27)17-13-18(15-8-4-3-5-9-15)29-21(17)24-19(25)12-14-7-6-10-16(11-14)20(23)26;1-2/h3-11,13H,2,12H2,1H3,(H2,23,26)(H,24,25);1-2H3. The molecule has 0 unspecified atom stereocenters. The highest BCUT2D eigenvalue weighted by Gasteiger charge is 2.20. The number of amides is 2. The average molecular weight is 439 g/mol. The third kappa shape index (κ3) is 6.52. The van der Waals surface area contributed by atoms with E-state index in [0.717, 1.165) is 10.4 Å². The molecule has 0 aliphatic heterocycles. The summed E-state index contributed by atoms with van der Waals surface area (Å²) in [4.78, 5) is 37.1. The number of rotatable bonds is 7. The smallest absolute Gasteiger partial charge is 0.341 e. The summed E-state index contributed by atoms with van der Waals surface area (Å²) in [6.45, 7) is 5.97. The van der Waals surface area contributed by atoms with Crippen molar-refractivity contribution in [1.29, 1.82) is 0 Å². The highest BCUT2D eigenvalue weighted by atomic mass is 32.1. The summed E-state index contributed by atoms with van der Waals surface area (Å²) in [6, 6.07) is 17.9. The fraction of sp³-hybridized carbons (Fsp3) is 0.208. The molecular formula is C24H26N2O4S. The Bertz CT molecular complexity index is 1040. The maximum absolute atomic E-state index is 12.6. The molecule has 0 aliphatic rings. The van der Waals surface area contributed by atoms with Crippen molar-refractivity contribution < 1.29 is 19.1 Å². The van der Waals surface area contributed by atoms with Crippen molar-refractivity contribution in [3.63, 3.8) is 0 Å². The summed E-state index contributed by atoms with van der Waals surface area (Å²) < 4.78 is 5.12. The molecule has 2 amide bonds. The van der Waals surface area contributed by atoms with Crippen molar-refractivity contribution in [2.24, 2.45) is 5.73 Å². The number of nitrogens with two attached hydrogens (primary N) is 1. The number of hydrogen-bond donors (Lipinski definition) is 2. The Hall–Kier alpha value is -3.45. The molecule has 3 N–H and O–H groups in total. The van der Waals surface area contributed by atoms with E-state index in [1.54, 1.807) is 37.3 Å². The number of anilines is 1. The van der Waals surface area contributed by atoms with Gasteiger partial charge in [0.25, 0.3) is 0 Å². The van der Waals surface area contributed by atoms with Crippen molar-refractivity contribution >= 4 is 34.1 Å². The van der Waals surface area contributed by atoms with Gasteiger partial charge in [0.2, 0.25) is 11.8 Å². The van der Waals surface area contributed by atoms with Gasteiger partial charge in [0.05, 0.1) is 18.6 Å². The van der Waals surface area contributed by atoms with Crippen LogP contribution in [-0.2, 0) is 16.0 Å². The maximum Gasteiger partial charge on any atom is 0.341 e. The van der Waals surface area contributed by atoms with Gasteiger partial charge in [-0.15, -0.1) is 11.3 Å². The third-order valence-electron chi connectivity index (χ3n) is 4.11. The highest BCUT2D eigenvalue weighted by molar-refractivity contribution is 7.20. The van der Waals surface area contributed by atoms with E-state index in [1.165, 1.54) is 11.3 Å². The van der Waals surface area contributed by atoms with Gasteiger partial charge in [-0.1, -0.05) is 56.3 Å². The first-order valence-corrected chi connectivity index (χ1v) is 10.8. The number of nitrogens with one attached hydrogen (secondary N) is 1. The number of esters is 1. The normalized spacial score (nSPS) is 9.90. The van der Waals surface area contributed by atoms with E-state index < -0.39 is 11.9 Å². The highest BCUT2D eigenvalue weighted by Crippen LogP contribution is 2.36. The van der Waals surface area contributed by atoms with Crippen LogP contribution < -0.4 is 11.1 Å². The summed E-state index contributed by atoms with van der Waals surface area (Å²) >= 11 is 1.31. The number of hydrogen-bond acceptors (Lipinski definition) is 5. The molecular weight excluding hydrogens is 412 g/mol. The summed E-state index contributed by atoms with van der Waals surface area (Å²) in [6.07, 6.45) is 0.0436.